The van der Waals surface area contributed by atoms with Crippen LogP contribution < -0.4 is 10.1 Å². The highest BCUT2D eigenvalue weighted by molar-refractivity contribution is 5.39. The SMILES string of the molecule is CCNC(CCOCC(F)F)c1cc(C)ccc1OC. The van der Waals surface area contributed by atoms with Crippen molar-refractivity contribution in [2.45, 2.75) is 32.7 Å². The fraction of sp³-hybridized carbons (Fsp3) is 0.600. The summed E-state index contributed by atoms with van der Waals surface area (Å²) in [6.07, 6.45) is -1.79. The molecule has 0 aliphatic carbocycles. The van der Waals surface area contributed by atoms with Crippen LogP contribution in [0.4, 0.5) is 8.78 Å². The molecular weight excluding hydrogens is 264 g/mol. The van der Waals surface area contributed by atoms with Crippen LogP contribution in [0.25, 0.3) is 0 Å². The number of rotatable bonds is 9. The molecule has 1 rings (SSSR count). The lowest BCUT2D eigenvalue weighted by Gasteiger charge is -2.21. The molecule has 0 saturated heterocycles. The lowest BCUT2D eigenvalue weighted by atomic mass is 10.0. The summed E-state index contributed by atoms with van der Waals surface area (Å²) < 4.78 is 34.4. The van der Waals surface area contributed by atoms with Gasteiger partial charge in [0.25, 0.3) is 6.43 Å². The van der Waals surface area contributed by atoms with Crippen molar-refractivity contribution in [1.29, 1.82) is 0 Å². The van der Waals surface area contributed by atoms with Crippen molar-refractivity contribution in [1.82, 2.24) is 5.32 Å². The van der Waals surface area contributed by atoms with Crippen LogP contribution in [0.3, 0.4) is 0 Å². The molecule has 0 bridgehead atoms. The van der Waals surface area contributed by atoms with Gasteiger partial charge in [0.1, 0.15) is 12.4 Å². The Labute approximate surface area is 119 Å². The van der Waals surface area contributed by atoms with E-state index in [0.717, 1.165) is 23.4 Å². The Balaban J connectivity index is 2.71. The van der Waals surface area contributed by atoms with Gasteiger partial charge in [0.15, 0.2) is 0 Å². The number of halogens is 2. The van der Waals surface area contributed by atoms with E-state index < -0.39 is 13.0 Å². The Morgan fingerprint density at radius 2 is 2.05 bits per heavy atom. The van der Waals surface area contributed by atoms with Crippen LogP contribution in [0, 0.1) is 6.92 Å². The number of nitrogens with one attached hydrogen (secondary N) is 1. The molecule has 0 spiro atoms. The normalized spacial score (nSPS) is 12.7. The molecule has 0 amide bonds. The molecule has 1 aromatic carbocycles. The molecule has 1 N–H and O–H groups in total. The van der Waals surface area contributed by atoms with Gasteiger partial charge >= 0.3 is 0 Å². The number of ether oxygens (including phenoxy) is 2. The molecule has 0 fully saturated rings. The highest BCUT2D eigenvalue weighted by Crippen LogP contribution is 2.28. The first-order valence-corrected chi connectivity index (χ1v) is 6.82. The topological polar surface area (TPSA) is 30.5 Å². The monoisotopic (exact) mass is 287 g/mol. The van der Waals surface area contributed by atoms with Gasteiger partial charge in [-0.1, -0.05) is 24.6 Å². The standard InChI is InChI=1S/C15H23F2NO2/c1-4-18-13(7-8-20-10-15(16)17)12-9-11(2)5-6-14(12)19-3/h5-6,9,13,15,18H,4,7-8,10H2,1-3H3. The second kappa shape index (κ2) is 8.87. The first kappa shape index (κ1) is 16.9. The second-order valence-corrected chi connectivity index (χ2v) is 4.61. The highest BCUT2D eigenvalue weighted by Gasteiger charge is 2.15. The maximum Gasteiger partial charge on any atom is 0.261 e. The van der Waals surface area contributed by atoms with Crippen molar-refractivity contribution in [3.63, 3.8) is 0 Å². The predicted molar refractivity (Wildman–Crippen MR) is 75.6 cm³/mol. The van der Waals surface area contributed by atoms with Gasteiger partial charge in [-0.2, -0.15) is 0 Å². The molecule has 0 aliphatic heterocycles. The third-order valence-electron chi connectivity index (χ3n) is 3.01. The molecule has 5 heteroatoms. The van der Waals surface area contributed by atoms with E-state index in [2.05, 4.69) is 11.4 Å². The Hall–Kier alpha value is -1.20. The summed E-state index contributed by atoms with van der Waals surface area (Å²) in [6.45, 7) is 4.59. The van der Waals surface area contributed by atoms with E-state index in [4.69, 9.17) is 9.47 Å². The molecule has 0 aromatic heterocycles. The van der Waals surface area contributed by atoms with E-state index in [-0.39, 0.29) is 6.04 Å². The Kier molecular flexibility index (Phi) is 7.47. The van der Waals surface area contributed by atoms with Crippen molar-refractivity contribution < 1.29 is 18.3 Å². The third-order valence-corrected chi connectivity index (χ3v) is 3.01. The number of hydrogen-bond acceptors (Lipinski definition) is 3. The van der Waals surface area contributed by atoms with Crippen LogP contribution in [0.15, 0.2) is 18.2 Å². The quantitative estimate of drug-likeness (QED) is 0.707. The minimum Gasteiger partial charge on any atom is -0.496 e. The Morgan fingerprint density at radius 1 is 1.30 bits per heavy atom. The van der Waals surface area contributed by atoms with Gasteiger partial charge in [-0.05, 0) is 26.0 Å². The molecule has 0 saturated carbocycles. The van der Waals surface area contributed by atoms with E-state index in [1.54, 1.807) is 7.11 Å². The zero-order chi connectivity index (χ0) is 15.0. The molecule has 3 nitrogen and oxygen atoms in total. The fourth-order valence-electron chi connectivity index (χ4n) is 2.11. The minimum atomic E-state index is -2.42. The molecule has 20 heavy (non-hydrogen) atoms. The number of hydrogen-bond donors (Lipinski definition) is 1. The number of aryl methyl sites for hydroxylation is 1. The first-order chi connectivity index (χ1) is 9.58. The molecule has 0 radical (unpaired) electrons. The summed E-state index contributed by atoms with van der Waals surface area (Å²) in [4.78, 5) is 0. The van der Waals surface area contributed by atoms with Crippen LogP contribution in [0.2, 0.25) is 0 Å². The summed E-state index contributed by atoms with van der Waals surface area (Å²) in [6, 6.07) is 6.00. The number of alkyl halides is 2. The van der Waals surface area contributed by atoms with Crippen molar-refractivity contribution in [3.05, 3.63) is 29.3 Å². The minimum absolute atomic E-state index is 0.0347. The second-order valence-electron chi connectivity index (χ2n) is 4.61. The van der Waals surface area contributed by atoms with Gasteiger partial charge in [-0.15, -0.1) is 0 Å². The molecule has 1 atom stereocenters. The Bertz CT molecular complexity index is 399. The van der Waals surface area contributed by atoms with Gasteiger partial charge in [0, 0.05) is 18.2 Å². The van der Waals surface area contributed by atoms with Gasteiger partial charge < -0.3 is 14.8 Å². The van der Waals surface area contributed by atoms with E-state index in [9.17, 15) is 8.78 Å². The highest BCUT2D eigenvalue weighted by atomic mass is 19.3. The zero-order valence-electron chi connectivity index (χ0n) is 12.3. The van der Waals surface area contributed by atoms with Gasteiger partial charge in [0.2, 0.25) is 0 Å². The number of methoxy groups -OCH3 is 1. The fourth-order valence-corrected chi connectivity index (χ4v) is 2.11. The Morgan fingerprint density at radius 3 is 2.65 bits per heavy atom. The van der Waals surface area contributed by atoms with Crippen molar-refractivity contribution >= 4 is 0 Å². The summed E-state index contributed by atoms with van der Waals surface area (Å²) in [5.74, 6) is 0.801. The van der Waals surface area contributed by atoms with Crippen molar-refractivity contribution in [2.24, 2.45) is 0 Å². The van der Waals surface area contributed by atoms with E-state index in [0.29, 0.717) is 13.0 Å². The first-order valence-electron chi connectivity index (χ1n) is 6.82. The zero-order valence-corrected chi connectivity index (χ0v) is 12.3. The molecule has 114 valence electrons. The van der Waals surface area contributed by atoms with E-state index in [1.807, 2.05) is 26.0 Å². The van der Waals surface area contributed by atoms with Crippen LogP contribution in [-0.4, -0.2) is 33.3 Å². The van der Waals surface area contributed by atoms with Crippen LogP contribution in [-0.2, 0) is 4.74 Å². The third kappa shape index (κ3) is 5.43. The van der Waals surface area contributed by atoms with Crippen molar-refractivity contribution in [2.75, 3.05) is 26.9 Å². The molecule has 1 aromatic rings. The summed E-state index contributed by atoms with van der Waals surface area (Å²) in [7, 11) is 1.63. The number of benzene rings is 1. The van der Waals surface area contributed by atoms with Gasteiger partial charge in [-0.25, -0.2) is 8.78 Å². The van der Waals surface area contributed by atoms with Crippen LogP contribution in [0.1, 0.15) is 30.5 Å². The largest absolute Gasteiger partial charge is 0.496 e. The average molecular weight is 287 g/mol. The molecule has 0 aliphatic rings. The van der Waals surface area contributed by atoms with Crippen LogP contribution in [0.5, 0.6) is 5.75 Å². The summed E-state index contributed by atoms with van der Waals surface area (Å²) in [5, 5.41) is 3.34. The molecule has 1 unspecified atom stereocenters. The van der Waals surface area contributed by atoms with E-state index >= 15 is 0 Å². The summed E-state index contributed by atoms with van der Waals surface area (Å²) >= 11 is 0. The predicted octanol–water partition coefficient (Wildman–Crippen LogP) is 3.33. The van der Waals surface area contributed by atoms with Gasteiger partial charge in [0.05, 0.1) is 7.11 Å². The lowest BCUT2D eigenvalue weighted by molar-refractivity contribution is 0.0143. The van der Waals surface area contributed by atoms with Crippen LogP contribution >= 0.6 is 0 Å². The van der Waals surface area contributed by atoms with Gasteiger partial charge in [-0.3, -0.25) is 0 Å². The smallest absolute Gasteiger partial charge is 0.261 e. The lowest BCUT2D eigenvalue weighted by Crippen LogP contribution is -2.23. The van der Waals surface area contributed by atoms with Crippen molar-refractivity contribution in [3.8, 4) is 5.75 Å². The molecular formula is C15H23F2NO2. The maximum atomic E-state index is 12.0. The molecule has 0 heterocycles. The maximum absolute atomic E-state index is 12.0. The average Bonchev–Trinajstić information content (AvgIpc) is 2.42. The van der Waals surface area contributed by atoms with E-state index in [1.165, 1.54) is 0 Å². The summed E-state index contributed by atoms with van der Waals surface area (Å²) in [5.41, 5.74) is 2.17.